The second-order valence-corrected chi connectivity index (χ2v) is 4.99. The van der Waals surface area contributed by atoms with E-state index in [1.165, 1.54) is 32.1 Å². The molecule has 0 bridgehead atoms. The van der Waals surface area contributed by atoms with Crippen LogP contribution in [0.15, 0.2) is 6.07 Å². The van der Waals surface area contributed by atoms with Gasteiger partial charge in [-0.15, -0.1) is 0 Å². The smallest absolute Gasteiger partial charge is 0.134 e. The first kappa shape index (κ1) is 13.1. The molecule has 0 unspecified atom stereocenters. The van der Waals surface area contributed by atoms with Crippen molar-refractivity contribution in [1.29, 1.82) is 0 Å². The molecule has 2 rings (SSSR count). The van der Waals surface area contributed by atoms with E-state index in [0.717, 1.165) is 37.1 Å². The van der Waals surface area contributed by atoms with Crippen molar-refractivity contribution in [3.05, 3.63) is 11.9 Å². The van der Waals surface area contributed by atoms with Crippen LogP contribution in [0.3, 0.4) is 0 Å². The van der Waals surface area contributed by atoms with Gasteiger partial charge in [0.15, 0.2) is 0 Å². The molecule has 4 nitrogen and oxygen atoms in total. The van der Waals surface area contributed by atoms with Crippen LogP contribution in [-0.2, 0) is 0 Å². The maximum absolute atomic E-state index is 4.54. The highest BCUT2D eigenvalue weighted by Crippen LogP contribution is 2.20. The number of aromatic nitrogens is 2. The van der Waals surface area contributed by atoms with Gasteiger partial charge in [0, 0.05) is 25.7 Å². The Morgan fingerprint density at radius 1 is 1.22 bits per heavy atom. The zero-order valence-electron chi connectivity index (χ0n) is 11.6. The molecule has 0 radical (unpaired) electrons. The summed E-state index contributed by atoms with van der Waals surface area (Å²) in [5.74, 6) is 2.91. The van der Waals surface area contributed by atoms with E-state index in [0.29, 0.717) is 0 Å². The fourth-order valence-corrected chi connectivity index (χ4v) is 2.34. The number of nitrogens with one attached hydrogen (secondary N) is 1. The first-order chi connectivity index (χ1) is 8.79. The first-order valence-corrected chi connectivity index (χ1v) is 7.14. The van der Waals surface area contributed by atoms with Gasteiger partial charge in [0.25, 0.3) is 0 Å². The van der Waals surface area contributed by atoms with Crippen molar-refractivity contribution >= 4 is 11.6 Å². The molecule has 100 valence electrons. The SMILES string of the molecule is CCCCCNc1cc(N2CCCC2)nc(C)n1. The van der Waals surface area contributed by atoms with Crippen LogP contribution in [0.2, 0.25) is 0 Å². The highest BCUT2D eigenvalue weighted by Gasteiger charge is 2.14. The molecule has 18 heavy (non-hydrogen) atoms. The minimum Gasteiger partial charge on any atom is -0.370 e. The third-order valence-electron chi connectivity index (χ3n) is 3.34. The fourth-order valence-electron chi connectivity index (χ4n) is 2.34. The van der Waals surface area contributed by atoms with Gasteiger partial charge in [-0.05, 0) is 26.2 Å². The molecule has 0 aromatic carbocycles. The van der Waals surface area contributed by atoms with Gasteiger partial charge in [0.05, 0.1) is 0 Å². The zero-order chi connectivity index (χ0) is 12.8. The summed E-state index contributed by atoms with van der Waals surface area (Å²) in [5, 5.41) is 3.41. The van der Waals surface area contributed by atoms with E-state index in [4.69, 9.17) is 0 Å². The van der Waals surface area contributed by atoms with Crippen LogP contribution < -0.4 is 10.2 Å². The summed E-state index contributed by atoms with van der Waals surface area (Å²) < 4.78 is 0. The summed E-state index contributed by atoms with van der Waals surface area (Å²) in [6, 6.07) is 2.09. The number of rotatable bonds is 6. The third-order valence-corrected chi connectivity index (χ3v) is 3.34. The standard InChI is InChI=1S/C14H24N4/c1-3-4-5-8-15-13-11-14(17-12(2)16-13)18-9-6-7-10-18/h11H,3-10H2,1-2H3,(H,15,16,17). The molecule has 1 aromatic rings. The van der Waals surface area contributed by atoms with Crippen LogP contribution in [-0.4, -0.2) is 29.6 Å². The summed E-state index contributed by atoms with van der Waals surface area (Å²) in [5.41, 5.74) is 0. The number of aryl methyl sites for hydroxylation is 1. The van der Waals surface area contributed by atoms with Gasteiger partial charge in [-0.3, -0.25) is 0 Å². The first-order valence-electron chi connectivity index (χ1n) is 7.14. The van der Waals surface area contributed by atoms with Crippen molar-refractivity contribution in [2.24, 2.45) is 0 Å². The Morgan fingerprint density at radius 3 is 2.72 bits per heavy atom. The normalized spacial score (nSPS) is 15.1. The van der Waals surface area contributed by atoms with Gasteiger partial charge in [-0.1, -0.05) is 19.8 Å². The average Bonchev–Trinajstić information content (AvgIpc) is 2.88. The molecule has 0 amide bonds. The lowest BCUT2D eigenvalue weighted by Gasteiger charge is -2.17. The quantitative estimate of drug-likeness (QED) is 0.786. The molecular formula is C14H24N4. The second-order valence-electron chi connectivity index (χ2n) is 4.99. The molecular weight excluding hydrogens is 224 g/mol. The van der Waals surface area contributed by atoms with E-state index < -0.39 is 0 Å². The minimum absolute atomic E-state index is 0.859. The monoisotopic (exact) mass is 248 g/mol. The van der Waals surface area contributed by atoms with Crippen molar-refractivity contribution in [2.45, 2.75) is 46.0 Å². The summed E-state index contributed by atoms with van der Waals surface area (Å²) in [6.45, 7) is 7.46. The van der Waals surface area contributed by atoms with E-state index in [2.05, 4.69) is 33.2 Å². The Bertz CT molecular complexity index is 372. The Kier molecular flexibility index (Phi) is 4.79. The van der Waals surface area contributed by atoms with Crippen LogP contribution in [0.1, 0.15) is 44.9 Å². The van der Waals surface area contributed by atoms with Crippen molar-refractivity contribution in [3.8, 4) is 0 Å². The van der Waals surface area contributed by atoms with Gasteiger partial charge in [0.1, 0.15) is 17.5 Å². The van der Waals surface area contributed by atoms with Crippen molar-refractivity contribution in [1.82, 2.24) is 9.97 Å². The highest BCUT2D eigenvalue weighted by molar-refractivity contribution is 5.49. The lowest BCUT2D eigenvalue weighted by atomic mass is 10.2. The van der Waals surface area contributed by atoms with Crippen LogP contribution in [0.4, 0.5) is 11.6 Å². The zero-order valence-corrected chi connectivity index (χ0v) is 11.6. The van der Waals surface area contributed by atoms with Crippen molar-refractivity contribution in [3.63, 3.8) is 0 Å². The predicted octanol–water partition coefficient (Wildman–Crippen LogP) is 2.99. The molecule has 0 saturated carbocycles. The Balaban J connectivity index is 1.97. The molecule has 0 aliphatic carbocycles. The minimum atomic E-state index is 0.859. The molecule has 1 N–H and O–H groups in total. The number of anilines is 2. The molecule has 1 fully saturated rings. The van der Waals surface area contributed by atoms with Gasteiger partial charge in [-0.25, -0.2) is 9.97 Å². The number of unbranched alkanes of at least 4 members (excludes halogenated alkanes) is 2. The Hall–Kier alpha value is -1.32. The summed E-state index contributed by atoms with van der Waals surface area (Å²) >= 11 is 0. The summed E-state index contributed by atoms with van der Waals surface area (Å²) in [7, 11) is 0. The summed E-state index contributed by atoms with van der Waals surface area (Å²) in [6.07, 6.45) is 6.29. The topological polar surface area (TPSA) is 41.0 Å². The van der Waals surface area contributed by atoms with Gasteiger partial charge < -0.3 is 10.2 Å². The summed E-state index contributed by atoms with van der Waals surface area (Å²) in [4.78, 5) is 11.3. The van der Waals surface area contributed by atoms with Crippen LogP contribution in [0.25, 0.3) is 0 Å². The number of nitrogens with zero attached hydrogens (tertiary/aromatic N) is 3. The molecule has 0 atom stereocenters. The van der Waals surface area contributed by atoms with Gasteiger partial charge in [-0.2, -0.15) is 0 Å². The molecule has 0 spiro atoms. The van der Waals surface area contributed by atoms with Crippen molar-refractivity contribution < 1.29 is 0 Å². The molecule has 1 aliphatic rings. The van der Waals surface area contributed by atoms with E-state index in [1.54, 1.807) is 0 Å². The molecule has 4 heteroatoms. The second kappa shape index (κ2) is 6.57. The van der Waals surface area contributed by atoms with Crippen molar-refractivity contribution in [2.75, 3.05) is 29.9 Å². The Labute approximate surface area is 110 Å². The molecule has 1 aliphatic heterocycles. The van der Waals surface area contributed by atoms with Crippen LogP contribution in [0.5, 0.6) is 0 Å². The Morgan fingerprint density at radius 2 is 2.00 bits per heavy atom. The lowest BCUT2D eigenvalue weighted by molar-refractivity contribution is 0.741. The van der Waals surface area contributed by atoms with E-state index >= 15 is 0 Å². The predicted molar refractivity (Wildman–Crippen MR) is 76.2 cm³/mol. The number of hydrogen-bond donors (Lipinski definition) is 1. The van der Waals surface area contributed by atoms with E-state index in [-0.39, 0.29) is 0 Å². The highest BCUT2D eigenvalue weighted by atomic mass is 15.2. The van der Waals surface area contributed by atoms with Crippen LogP contribution >= 0.6 is 0 Å². The van der Waals surface area contributed by atoms with Gasteiger partial charge in [0.2, 0.25) is 0 Å². The van der Waals surface area contributed by atoms with Gasteiger partial charge >= 0.3 is 0 Å². The maximum atomic E-state index is 4.54. The fraction of sp³-hybridized carbons (Fsp3) is 0.714. The largest absolute Gasteiger partial charge is 0.370 e. The average molecular weight is 248 g/mol. The third kappa shape index (κ3) is 3.59. The molecule has 2 heterocycles. The molecule has 1 saturated heterocycles. The van der Waals surface area contributed by atoms with E-state index in [1.807, 2.05) is 6.92 Å². The molecule has 1 aromatic heterocycles. The maximum Gasteiger partial charge on any atom is 0.134 e. The van der Waals surface area contributed by atoms with Crippen LogP contribution in [0, 0.1) is 6.92 Å². The lowest BCUT2D eigenvalue weighted by Crippen LogP contribution is -2.20. The number of hydrogen-bond acceptors (Lipinski definition) is 4. The van der Waals surface area contributed by atoms with E-state index in [9.17, 15) is 0 Å².